The lowest BCUT2D eigenvalue weighted by atomic mass is 9.94. The second-order valence-electron chi connectivity index (χ2n) is 4.31. The Balaban J connectivity index is 2.37. The molecule has 0 N–H and O–H groups in total. The summed E-state index contributed by atoms with van der Waals surface area (Å²) in [5.41, 5.74) is 0. The zero-order valence-electron chi connectivity index (χ0n) is 8.75. The minimum absolute atomic E-state index is 0.680. The Bertz CT molecular complexity index is 150. The van der Waals surface area contributed by atoms with Gasteiger partial charge in [-0.3, -0.25) is 4.90 Å². The van der Waals surface area contributed by atoms with Crippen LogP contribution in [0.4, 0.5) is 0 Å². The van der Waals surface area contributed by atoms with Gasteiger partial charge < -0.3 is 0 Å². The fourth-order valence-electron chi connectivity index (χ4n) is 1.75. The Morgan fingerprint density at radius 3 is 2.00 bits per heavy atom. The van der Waals surface area contributed by atoms with Gasteiger partial charge in [-0.25, -0.2) is 0 Å². The van der Waals surface area contributed by atoms with Gasteiger partial charge in [0.2, 0.25) is 0 Å². The van der Waals surface area contributed by atoms with Crippen LogP contribution in [0.2, 0.25) is 0 Å². The van der Waals surface area contributed by atoms with E-state index in [1.807, 2.05) is 0 Å². The van der Waals surface area contributed by atoms with Crippen LogP contribution in [0.25, 0.3) is 0 Å². The highest BCUT2D eigenvalue weighted by Crippen LogP contribution is 2.20. The molecule has 0 saturated heterocycles. The summed E-state index contributed by atoms with van der Waals surface area (Å²) in [5, 5.41) is 0. The van der Waals surface area contributed by atoms with Gasteiger partial charge in [-0.05, 0) is 40.0 Å². The minimum atomic E-state index is 0.680. The third-order valence-corrected chi connectivity index (χ3v) is 2.62. The van der Waals surface area contributed by atoms with E-state index in [0.717, 1.165) is 5.92 Å². The molecule has 0 bridgehead atoms. The van der Waals surface area contributed by atoms with Crippen LogP contribution < -0.4 is 0 Å². The molecule has 0 radical (unpaired) electrons. The molecule has 0 fully saturated rings. The highest BCUT2D eigenvalue weighted by molar-refractivity contribution is 5.03. The van der Waals surface area contributed by atoms with Crippen molar-refractivity contribution in [2.45, 2.75) is 46.2 Å². The van der Waals surface area contributed by atoms with E-state index in [1.54, 1.807) is 0 Å². The van der Waals surface area contributed by atoms with Crippen molar-refractivity contribution >= 4 is 0 Å². The van der Waals surface area contributed by atoms with Crippen molar-refractivity contribution in [3.05, 3.63) is 12.2 Å². The fourth-order valence-corrected chi connectivity index (χ4v) is 1.75. The molecule has 1 aliphatic rings. The zero-order valence-corrected chi connectivity index (χ0v) is 8.75. The molecule has 1 rings (SSSR count). The van der Waals surface area contributed by atoms with Crippen molar-refractivity contribution in [3.8, 4) is 0 Å². The first-order valence-electron chi connectivity index (χ1n) is 5.03. The Kier molecular flexibility index (Phi) is 3.33. The van der Waals surface area contributed by atoms with Crippen LogP contribution in [0, 0.1) is 5.92 Å². The SMILES string of the molecule is CC(C)N(CC1C=CC1)C(C)C. The molecule has 70 valence electrons. The third kappa shape index (κ3) is 2.34. The van der Waals surface area contributed by atoms with Crippen LogP contribution in [0.5, 0.6) is 0 Å². The molecule has 0 aromatic carbocycles. The Labute approximate surface area is 76.5 Å². The number of hydrogen-bond donors (Lipinski definition) is 0. The van der Waals surface area contributed by atoms with Gasteiger partial charge >= 0.3 is 0 Å². The van der Waals surface area contributed by atoms with Crippen molar-refractivity contribution in [2.24, 2.45) is 5.92 Å². The maximum absolute atomic E-state index is 2.56. The smallest absolute Gasteiger partial charge is 0.00527 e. The average molecular weight is 167 g/mol. The van der Waals surface area contributed by atoms with E-state index >= 15 is 0 Å². The predicted molar refractivity (Wildman–Crippen MR) is 54.2 cm³/mol. The molecule has 1 aliphatic carbocycles. The van der Waals surface area contributed by atoms with Crippen LogP contribution in [0.3, 0.4) is 0 Å². The van der Waals surface area contributed by atoms with Gasteiger partial charge in [0.05, 0.1) is 0 Å². The van der Waals surface area contributed by atoms with Crippen molar-refractivity contribution in [2.75, 3.05) is 6.54 Å². The number of hydrogen-bond acceptors (Lipinski definition) is 1. The number of allylic oxidation sites excluding steroid dienone is 1. The Morgan fingerprint density at radius 2 is 1.75 bits per heavy atom. The average Bonchev–Trinajstić information content (AvgIpc) is 1.82. The number of rotatable bonds is 4. The van der Waals surface area contributed by atoms with E-state index in [-0.39, 0.29) is 0 Å². The summed E-state index contributed by atoms with van der Waals surface area (Å²) in [5.74, 6) is 0.829. The van der Waals surface area contributed by atoms with Crippen LogP contribution in [0.1, 0.15) is 34.1 Å². The summed E-state index contributed by atoms with van der Waals surface area (Å²) in [6.07, 6.45) is 5.89. The Hall–Kier alpha value is -0.300. The van der Waals surface area contributed by atoms with Gasteiger partial charge in [0, 0.05) is 18.6 Å². The van der Waals surface area contributed by atoms with Crippen molar-refractivity contribution in [3.63, 3.8) is 0 Å². The monoisotopic (exact) mass is 167 g/mol. The molecule has 0 saturated carbocycles. The first kappa shape index (κ1) is 9.79. The van der Waals surface area contributed by atoms with Crippen LogP contribution in [-0.2, 0) is 0 Å². The van der Waals surface area contributed by atoms with E-state index in [1.165, 1.54) is 13.0 Å². The first-order valence-corrected chi connectivity index (χ1v) is 5.03. The summed E-state index contributed by atoms with van der Waals surface area (Å²) >= 11 is 0. The van der Waals surface area contributed by atoms with E-state index in [9.17, 15) is 0 Å². The maximum Gasteiger partial charge on any atom is 0.00527 e. The molecule has 1 nitrogen and oxygen atoms in total. The second-order valence-corrected chi connectivity index (χ2v) is 4.31. The molecule has 0 amide bonds. The molecular formula is C11H21N. The van der Waals surface area contributed by atoms with E-state index < -0.39 is 0 Å². The van der Waals surface area contributed by atoms with Gasteiger partial charge in [0.15, 0.2) is 0 Å². The molecule has 0 aliphatic heterocycles. The standard InChI is InChI=1S/C11H21N/c1-9(2)12(10(3)4)8-11-6-5-7-11/h5-6,9-11H,7-8H2,1-4H3. The summed E-state index contributed by atoms with van der Waals surface area (Å²) in [6, 6.07) is 1.36. The van der Waals surface area contributed by atoms with Crippen LogP contribution in [0.15, 0.2) is 12.2 Å². The normalized spacial score (nSPS) is 22.4. The van der Waals surface area contributed by atoms with Gasteiger partial charge in [-0.15, -0.1) is 0 Å². The molecule has 1 unspecified atom stereocenters. The molecule has 1 heteroatoms. The van der Waals surface area contributed by atoms with Crippen LogP contribution >= 0.6 is 0 Å². The molecule has 0 spiro atoms. The van der Waals surface area contributed by atoms with E-state index in [4.69, 9.17) is 0 Å². The minimum Gasteiger partial charge on any atom is -0.298 e. The maximum atomic E-state index is 2.56. The van der Waals surface area contributed by atoms with E-state index in [0.29, 0.717) is 12.1 Å². The number of nitrogens with zero attached hydrogens (tertiary/aromatic N) is 1. The lowest BCUT2D eigenvalue weighted by Gasteiger charge is -2.34. The topological polar surface area (TPSA) is 3.24 Å². The summed E-state index contributed by atoms with van der Waals surface area (Å²) < 4.78 is 0. The highest BCUT2D eigenvalue weighted by Gasteiger charge is 2.19. The van der Waals surface area contributed by atoms with Crippen molar-refractivity contribution < 1.29 is 0 Å². The molecule has 0 heterocycles. The summed E-state index contributed by atoms with van der Waals surface area (Å²) in [4.78, 5) is 2.56. The first-order chi connectivity index (χ1) is 5.61. The van der Waals surface area contributed by atoms with Crippen molar-refractivity contribution in [1.29, 1.82) is 0 Å². The summed E-state index contributed by atoms with van der Waals surface area (Å²) in [6.45, 7) is 10.4. The fraction of sp³-hybridized carbons (Fsp3) is 0.818. The molecule has 1 atom stereocenters. The quantitative estimate of drug-likeness (QED) is 0.582. The zero-order chi connectivity index (χ0) is 9.14. The van der Waals surface area contributed by atoms with Gasteiger partial charge in [0.1, 0.15) is 0 Å². The van der Waals surface area contributed by atoms with Gasteiger partial charge in [-0.2, -0.15) is 0 Å². The summed E-state index contributed by atoms with van der Waals surface area (Å²) in [7, 11) is 0. The highest BCUT2D eigenvalue weighted by atomic mass is 15.2. The van der Waals surface area contributed by atoms with Crippen LogP contribution in [-0.4, -0.2) is 23.5 Å². The van der Waals surface area contributed by atoms with Crippen molar-refractivity contribution in [1.82, 2.24) is 4.90 Å². The third-order valence-electron chi connectivity index (χ3n) is 2.62. The van der Waals surface area contributed by atoms with Gasteiger partial charge in [-0.1, -0.05) is 12.2 Å². The molecule has 0 aromatic rings. The van der Waals surface area contributed by atoms with E-state index in [2.05, 4.69) is 44.7 Å². The Morgan fingerprint density at radius 1 is 1.25 bits per heavy atom. The second kappa shape index (κ2) is 4.08. The lowest BCUT2D eigenvalue weighted by Crippen LogP contribution is -2.40. The predicted octanol–water partition coefficient (Wildman–Crippen LogP) is 2.68. The lowest BCUT2D eigenvalue weighted by molar-refractivity contribution is 0.154. The molecule has 12 heavy (non-hydrogen) atoms. The van der Waals surface area contributed by atoms with Gasteiger partial charge in [0.25, 0.3) is 0 Å². The largest absolute Gasteiger partial charge is 0.298 e. The molecular weight excluding hydrogens is 146 g/mol. The molecule has 0 aromatic heterocycles.